The predicted octanol–water partition coefficient (Wildman–Crippen LogP) is 3.54. The van der Waals surface area contributed by atoms with Gasteiger partial charge in [0.1, 0.15) is 18.2 Å². The van der Waals surface area contributed by atoms with E-state index in [1.807, 2.05) is 30.3 Å². The monoisotopic (exact) mass is 323 g/mol. The van der Waals surface area contributed by atoms with Crippen LogP contribution in [0.5, 0.6) is 5.75 Å². The molecular formula is C15H15BrFNO. The van der Waals surface area contributed by atoms with Crippen LogP contribution in [0.1, 0.15) is 5.56 Å². The average molecular weight is 324 g/mol. The number of halogens is 2. The Labute approximate surface area is 120 Å². The van der Waals surface area contributed by atoms with Crippen LogP contribution < -0.4 is 10.5 Å². The molecule has 2 aromatic rings. The van der Waals surface area contributed by atoms with Crippen LogP contribution in [0, 0.1) is 5.82 Å². The lowest BCUT2D eigenvalue weighted by Crippen LogP contribution is -2.30. The first-order chi connectivity index (χ1) is 9.15. The van der Waals surface area contributed by atoms with Crippen LogP contribution in [0.3, 0.4) is 0 Å². The molecule has 0 radical (unpaired) electrons. The molecule has 1 atom stereocenters. The summed E-state index contributed by atoms with van der Waals surface area (Å²) in [5, 5.41) is 0. The summed E-state index contributed by atoms with van der Waals surface area (Å²) in [6.45, 7) is 0.357. The zero-order chi connectivity index (χ0) is 13.7. The minimum Gasteiger partial charge on any atom is -0.492 e. The van der Waals surface area contributed by atoms with E-state index in [1.165, 1.54) is 6.07 Å². The maximum atomic E-state index is 13.6. The summed E-state index contributed by atoms with van der Waals surface area (Å²) < 4.78 is 20.0. The van der Waals surface area contributed by atoms with Gasteiger partial charge in [0.15, 0.2) is 0 Å². The van der Waals surface area contributed by atoms with Gasteiger partial charge in [-0.3, -0.25) is 0 Å². The largest absolute Gasteiger partial charge is 0.492 e. The zero-order valence-corrected chi connectivity index (χ0v) is 11.9. The van der Waals surface area contributed by atoms with Gasteiger partial charge in [-0.25, -0.2) is 4.39 Å². The lowest BCUT2D eigenvalue weighted by molar-refractivity contribution is 0.287. The number of hydrogen-bond acceptors (Lipinski definition) is 2. The van der Waals surface area contributed by atoms with Crippen molar-refractivity contribution in [3.8, 4) is 5.75 Å². The van der Waals surface area contributed by atoms with Crippen molar-refractivity contribution in [3.63, 3.8) is 0 Å². The Morgan fingerprint density at radius 1 is 1.16 bits per heavy atom. The van der Waals surface area contributed by atoms with Gasteiger partial charge in [0, 0.05) is 10.5 Å². The Kier molecular flexibility index (Phi) is 4.93. The molecule has 19 heavy (non-hydrogen) atoms. The van der Waals surface area contributed by atoms with Gasteiger partial charge in [-0.1, -0.05) is 34.1 Å². The van der Waals surface area contributed by atoms with Crippen LogP contribution in [-0.4, -0.2) is 12.6 Å². The van der Waals surface area contributed by atoms with Crippen molar-refractivity contribution >= 4 is 15.9 Å². The molecule has 2 N–H and O–H groups in total. The lowest BCUT2D eigenvalue weighted by Gasteiger charge is -2.14. The van der Waals surface area contributed by atoms with Crippen molar-refractivity contribution in [1.29, 1.82) is 0 Å². The topological polar surface area (TPSA) is 35.2 Å². The Hall–Kier alpha value is -1.39. The Balaban J connectivity index is 1.90. The quantitative estimate of drug-likeness (QED) is 0.913. The molecule has 100 valence electrons. The van der Waals surface area contributed by atoms with Crippen molar-refractivity contribution in [3.05, 3.63) is 64.4 Å². The summed E-state index contributed by atoms with van der Waals surface area (Å²) in [7, 11) is 0. The van der Waals surface area contributed by atoms with E-state index in [1.54, 1.807) is 12.1 Å². The molecule has 0 spiro atoms. The molecule has 4 heteroatoms. The second kappa shape index (κ2) is 6.68. The fraction of sp³-hybridized carbons (Fsp3) is 0.200. The van der Waals surface area contributed by atoms with Gasteiger partial charge >= 0.3 is 0 Å². The van der Waals surface area contributed by atoms with E-state index in [0.29, 0.717) is 18.6 Å². The normalized spacial score (nSPS) is 12.2. The highest BCUT2D eigenvalue weighted by Crippen LogP contribution is 2.17. The van der Waals surface area contributed by atoms with Gasteiger partial charge in [-0.2, -0.15) is 0 Å². The molecule has 2 rings (SSSR count). The van der Waals surface area contributed by atoms with Gasteiger partial charge in [0.2, 0.25) is 0 Å². The Bertz CT molecular complexity index is 533. The van der Waals surface area contributed by atoms with E-state index < -0.39 is 0 Å². The van der Waals surface area contributed by atoms with Crippen molar-refractivity contribution in [2.45, 2.75) is 12.5 Å². The second-order valence-corrected chi connectivity index (χ2v) is 5.24. The summed E-state index contributed by atoms with van der Waals surface area (Å²) in [6, 6.07) is 14.1. The van der Waals surface area contributed by atoms with E-state index in [9.17, 15) is 4.39 Å². The van der Waals surface area contributed by atoms with Crippen molar-refractivity contribution < 1.29 is 9.13 Å². The molecule has 0 fully saturated rings. The first-order valence-electron chi connectivity index (χ1n) is 6.02. The van der Waals surface area contributed by atoms with E-state index in [2.05, 4.69) is 15.9 Å². The van der Waals surface area contributed by atoms with Gasteiger partial charge in [-0.05, 0) is 42.3 Å². The van der Waals surface area contributed by atoms with Crippen LogP contribution >= 0.6 is 15.9 Å². The number of hydrogen-bond donors (Lipinski definition) is 1. The van der Waals surface area contributed by atoms with Crippen LogP contribution in [0.25, 0.3) is 0 Å². The Morgan fingerprint density at radius 3 is 2.63 bits per heavy atom. The van der Waals surface area contributed by atoms with Crippen LogP contribution in [0.4, 0.5) is 4.39 Å². The molecule has 0 bridgehead atoms. The second-order valence-electron chi connectivity index (χ2n) is 4.32. The fourth-order valence-corrected chi connectivity index (χ4v) is 2.17. The molecule has 0 aliphatic rings. The maximum absolute atomic E-state index is 13.6. The average Bonchev–Trinajstić information content (AvgIpc) is 2.42. The van der Waals surface area contributed by atoms with E-state index in [-0.39, 0.29) is 11.9 Å². The molecule has 2 aromatic carbocycles. The van der Waals surface area contributed by atoms with Gasteiger partial charge < -0.3 is 10.5 Å². The number of ether oxygens (including phenoxy) is 1. The molecule has 1 unspecified atom stereocenters. The predicted molar refractivity (Wildman–Crippen MR) is 77.7 cm³/mol. The standard InChI is InChI=1S/C15H15BrFNO/c16-12-6-7-15(17)11(8-12)9-13(18)10-19-14-4-2-1-3-5-14/h1-8,13H,9-10,18H2. The third kappa shape index (κ3) is 4.33. The maximum Gasteiger partial charge on any atom is 0.126 e. The fourth-order valence-electron chi connectivity index (χ4n) is 1.76. The first-order valence-corrected chi connectivity index (χ1v) is 6.82. The molecule has 0 saturated heterocycles. The molecule has 0 saturated carbocycles. The number of para-hydroxylation sites is 1. The summed E-state index contributed by atoms with van der Waals surface area (Å²) in [4.78, 5) is 0. The van der Waals surface area contributed by atoms with Gasteiger partial charge in [0.05, 0.1) is 0 Å². The van der Waals surface area contributed by atoms with Gasteiger partial charge in [0.25, 0.3) is 0 Å². The summed E-state index contributed by atoms with van der Waals surface area (Å²) in [5.74, 6) is 0.533. The zero-order valence-electron chi connectivity index (χ0n) is 10.4. The molecule has 0 aliphatic carbocycles. The third-order valence-corrected chi connectivity index (χ3v) is 3.19. The van der Waals surface area contributed by atoms with Crippen molar-refractivity contribution in [2.24, 2.45) is 5.73 Å². The molecule has 0 aromatic heterocycles. The number of rotatable bonds is 5. The smallest absolute Gasteiger partial charge is 0.126 e. The minimum absolute atomic E-state index is 0.238. The summed E-state index contributed by atoms with van der Waals surface area (Å²) in [5.41, 5.74) is 6.56. The highest BCUT2D eigenvalue weighted by molar-refractivity contribution is 9.10. The first kappa shape index (κ1) is 14.0. The van der Waals surface area contributed by atoms with E-state index in [4.69, 9.17) is 10.5 Å². The van der Waals surface area contributed by atoms with Crippen molar-refractivity contribution in [2.75, 3.05) is 6.61 Å². The molecule has 0 amide bonds. The van der Waals surface area contributed by atoms with E-state index in [0.717, 1.165) is 10.2 Å². The highest BCUT2D eigenvalue weighted by Gasteiger charge is 2.09. The number of benzene rings is 2. The SMILES string of the molecule is NC(COc1ccccc1)Cc1cc(Br)ccc1F. The molecule has 2 nitrogen and oxygen atoms in total. The number of nitrogens with two attached hydrogens (primary N) is 1. The van der Waals surface area contributed by atoms with E-state index >= 15 is 0 Å². The molecule has 0 heterocycles. The molecule has 0 aliphatic heterocycles. The van der Waals surface area contributed by atoms with Crippen LogP contribution in [-0.2, 0) is 6.42 Å². The third-order valence-electron chi connectivity index (χ3n) is 2.70. The molecular weight excluding hydrogens is 309 g/mol. The summed E-state index contributed by atoms with van der Waals surface area (Å²) in [6.07, 6.45) is 0.443. The van der Waals surface area contributed by atoms with Crippen LogP contribution in [0.15, 0.2) is 53.0 Å². The van der Waals surface area contributed by atoms with Gasteiger partial charge in [-0.15, -0.1) is 0 Å². The van der Waals surface area contributed by atoms with Crippen molar-refractivity contribution in [1.82, 2.24) is 0 Å². The summed E-state index contributed by atoms with van der Waals surface area (Å²) >= 11 is 3.32. The lowest BCUT2D eigenvalue weighted by atomic mass is 10.1. The minimum atomic E-state index is -0.246. The van der Waals surface area contributed by atoms with Crippen LogP contribution in [0.2, 0.25) is 0 Å². The highest BCUT2D eigenvalue weighted by atomic mass is 79.9. The Morgan fingerprint density at radius 2 is 1.89 bits per heavy atom.